The Balaban J connectivity index is 1.29. The molecular formula is C22H28N6O. The molecule has 152 valence electrons. The number of H-pyrrole nitrogens is 1. The highest BCUT2D eigenvalue weighted by Crippen LogP contribution is 2.16. The summed E-state index contributed by atoms with van der Waals surface area (Å²) < 4.78 is 2.13. The van der Waals surface area contributed by atoms with Gasteiger partial charge in [-0.2, -0.15) is 0 Å². The second kappa shape index (κ2) is 9.15. The van der Waals surface area contributed by atoms with Crippen LogP contribution in [0.4, 0.5) is 0 Å². The third-order valence-corrected chi connectivity index (χ3v) is 5.49. The van der Waals surface area contributed by atoms with Crippen LogP contribution in [0.1, 0.15) is 18.2 Å². The zero-order valence-corrected chi connectivity index (χ0v) is 16.9. The molecule has 29 heavy (non-hydrogen) atoms. The molecule has 1 aliphatic rings. The van der Waals surface area contributed by atoms with Crippen molar-refractivity contribution in [2.75, 3.05) is 32.7 Å². The highest BCUT2D eigenvalue weighted by molar-refractivity contribution is 5.55. The minimum absolute atomic E-state index is 0.0955. The molecule has 1 aromatic carbocycles. The Labute approximate surface area is 171 Å². The second-order valence-corrected chi connectivity index (χ2v) is 7.55. The maximum atomic E-state index is 11.8. The van der Waals surface area contributed by atoms with Crippen LogP contribution >= 0.6 is 0 Å². The number of hydrogen-bond acceptors (Lipinski definition) is 5. The van der Waals surface area contributed by atoms with Gasteiger partial charge in [0.05, 0.1) is 6.33 Å². The predicted molar refractivity (Wildman–Crippen MR) is 114 cm³/mol. The van der Waals surface area contributed by atoms with Gasteiger partial charge in [-0.3, -0.25) is 14.6 Å². The quantitative estimate of drug-likeness (QED) is 0.666. The summed E-state index contributed by atoms with van der Waals surface area (Å²) in [5.74, 6) is 0.646. The lowest BCUT2D eigenvalue weighted by Crippen LogP contribution is -2.46. The molecule has 0 unspecified atom stereocenters. The summed E-state index contributed by atoms with van der Waals surface area (Å²) in [4.78, 5) is 28.3. The van der Waals surface area contributed by atoms with Crippen molar-refractivity contribution in [3.05, 3.63) is 70.7 Å². The minimum atomic E-state index is -0.0955. The Morgan fingerprint density at radius 2 is 1.79 bits per heavy atom. The van der Waals surface area contributed by atoms with Crippen LogP contribution in [-0.2, 0) is 19.5 Å². The summed E-state index contributed by atoms with van der Waals surface area (Å²) in [7, 11) is 0. The van der Waals surface area contributed by atoms with E-state index < -0.39 is 0 Å². The lowest BCUT2D eigenvalue weighted by atomic mass is 10.1. The van der Waals surface area contributed by atoms with Crippen LogP contribution in [0.15, 0.2) is 53.8 Å². The van der Waals surface area contributed by atoms with Crippen LogP contribution in [0.25, 0.3) is 11.4 Å². The van der Waals surface area contributed by atoms with Crippen molar-refractivity contribution in [3.8, 4) is 11.4 Å². The van der Waals surface area contributed by atoms with E-state index in [9.17, 15) is 4.79 Å². The van der Waals surface area contributed by atoms with Crippen molar-refractivity contribution in [1.82, 2.24) is 29.3 Å². The number of rotatable bonds is 7. The highest BCUT2D eigenvalue weighted by atomic mass is 16.1. The van der Waals surface area contributed by atoms with Crippen LogP contribution < -0.4 is 5.56 Å². The molecule has 7 nitrogen and oxygen atoms in total. The van der Waals surface area contributed by atoms with Gasteiger partial charge < -0.3 is 9.55 Å². The van der Waals surface area contributed by atoms with Crippen molar-refractivity contribution in [2.45, 2.75) is 26.4 Å². The van der Waals surface area contributed by atoms with Gasteiger partial charge in [0.1, 0.15) is 5.82 Å². The topological polar surface area (TPSA) is 70.1 Å². The normalized spacial score (nSPS) is 15.6. The van der Waals surface area contributed by atoms with E-state index in [4.69, 9.17) is 0 Å². The first-order valence-electron chi connectivity index (χ1n) is 10.3. The number of aromatic amines is 1. The average Bonchev–Trinajstić information content (AvgIpc) is 3.27. The van der Waals surface area contributed by atoms with E-state index >= 15 is 0 Å². The Kier molecular flexibility index (Phi) is 6.17. The zero-order valence-electron chi connectivity index (χ0n) is 16.9. The smallest absolute Gasteiger partial charge is 0.251 e. The SMILES string of the molecule is CCc1cc(=O)[nH]c(-c2ccc(CN3CCN(CCn4ccnc4)CC3)cc2)n1. The number of imidazole rings is 1. The maximum Gasteiger partial charge on any atom is 0.251 e. The van der Waals surface area contributed by atoms with Crippen LogP contribution in [0, 0.1) is 0 Å². The monoisotopic (exact) mass is 392 g/mol. The lowest BCUT2D eigenvalue weighted by molar-refractivity contribution is 0.124. The molecule has 0 atom stereocenters. The molecule has 2 aromatic heterocycles. The molecular weight excluding hydrogens is 364 g/mol. The number of aryl methyl sites for hydroxylation is 1. The highest BCUT2D eigenvalue weighted by Gasteiger charge is 2.16. The molecule has 0 aliphatic carbocycles. The number of aromatic nitrogens is 4. The summed E-state index contributed by atoms with van der Waals surface area (Å²) in [6, 6.07) is 9.94. The first kappa shape index (κ1) is 19.5. The molecule has 0 radical (unpaired) electrons. The standard InChI is InChI=1S/C22H28N6O/c1-2-20-15-21(29)25-22(24-20)19-5-3-18(4-6-19)16-27-12-9-26(10-13-27)11-14-28-8-7-23-17-28/h3-8,15,17H,2,9-14,16H2,1H3,(H,24,25,29). The van der Waals surface area contributed by atoms with Gasteiger partial charge in [-0.05, 0) is 12.0 Å². The second-order valence-electron chi connectivity index (χ2n) is 7.55. The number of nitrogens with zero attached hydrogens (tertiary/aromatic N) is 5. The molecule has 1 N–H and O–H groups in total. The van der Waals surface area contributed by atoms with Gasteiger partial charge in [0, 0.05) is 75.5 Å². The Hall–Kier alpha value is -2.77. The number of nitrogens with one attached hydrogen (secondary N) is 1. The number of piperazine rings is 1. The fraction of sp³-hybridized carbons (Fsp3) is 0.409. The van der Waals surface area contributed by atoms with Crippen molar-refractivity contribution < 1.29 is 0 Å². The van der Waals surface area contributed by atoms with E-state index in [0.717, 1.165) is 63.5 Å². The molecule has 0 spiro atoms. The van der Waals surface area contributed by atoms with Crippen LogP contribution in [0.3, 0.4) is 0 Å². The average molecular weight is 393 g/mol. The minimum Gasteiger partial charge on any atom is -0.336 e. The molecule has 0 saturated carbocycles. The lowest BCUT2D eigenvalue weighted by Gasteiger charge is -2.34. The number of hydrogen-bond donors (Lipinski definition) is 1. The summed E-state index contributed by atoms with van der Waals surface area (Å²) in [6.45, 7) is 9.39. The first-order chi connectivity index (χ1) is 14.2. The number of benzene rings is 1. The first-order valence-corrected chi connectivity index (χ1v) is 10.3. The van der Waals surface area contributed by atoms with Gasteiger partial charge in [-0.1, -0.05) is 31.2 Å². The van der Waals surface area contributed by atoms with E-state index in [1.54, 1.807) is 6.07 Å². The van der Waals surface area contributed by atoms with Gasteiger partial charge in [0.15, 0.2) is 0 Å². The van der Waals surface area contributed by atoms with E-state index in [-0.39, 0.29) is 5.56 Å². The summed E-state index contributed by atoms with van der Waals surface area (Å²) in [5.41, 5.74) is 2.96. The summed E-state index contributed by atoms with van der Waals surface area (Å²) in [6.07, 6.45) is 6.48. The molecule has 4 rings (SSSR count). The maximum absolute atomic E-state index is 11.8. The van der Waals surface area contributed by atoms with Gasteiger partial charge >= 0.3 is 0 Å². The fourth-order valence-corrected chi connectivity index (χ4v) is 3.70. The van der Waals surface area contributed by atoms with Crippen molar-refractivity contribution in [1.29, 1.82) is 0 Å². The van der Waals surface area contributed by atoms with E-state index in [1.807, 2.05) is 25.6 Å². The fourth-order valence-electron chi connectivity index (χ4n) is 3.70. The molecule has 3 heterocycles. The van der Waals surface area contributed by atoms with Crippen molar-refractivity contribution in [3.63, 3.8) is 0 Å². The van der Waals surface area contributed by atoms with E-state index in [1.165, 1.54) is 5.56 Å². The third kappa shape index (κ3) is 5.19. The van der Waals surface area contributed by atoms with Crippen LogP contribution in [0.5, 0.6) is 0 Å². The van der Waals surface area contributed by atoms with Gasteiger partial charge in [-0.15, -0.1) is 0 Å². The van der Waals surface area contributed by atoms with Gasteiger partial charge in [0.25, 0.3) is 5.56 Å². The third-order valence-electron chi connectivity index (χ3n) is 5.49. The van der Waals surface area contributed by atoms with E-state index in [2.05, 4.69) is 53.6 Å². The molecule has 1 fully saturated rings. The molecule has 3 aromatic rings. The van der Waals surface area contributed by atoms with Crippen molar-refractivity contribution in [2.24, 2.45) is 0 Å². The van der Waals surface area contributed by atoms with Gasteiger partial charge in [0.2, 0.25) is 0 Å². The summed E-state index contributed by atoms with van der Waals surface area (Å²) in [5, 5.41) is 0. The van der Waals surface area contributed by atoms with Crippen molar-refractivity contribution >= 4 is 0 Å². The Morgan fingerprint density at radius 1 is 1.03 bits per heavy atom. The van der Waals surface area contributed by atoms with Crippen LogP contribution in [0.2, 0.25) is 0 Å². The molecule has 1 saturated heterocycles. The van der Waals surface area contributed by atoms with E-state index in [0.29, 0.717) is 5.82 Å². The van der Waals surface area contributed by atoms with Crippen LogP contribution in [-0.4, -0.2) is 62.0 Å². The molecule has 0 bridgehead atoms. The molecule has 0 amide bonds. The predicted octanol–water partition coefficient (Wildman–Crippen LogP) is 2.01. The molecule has 1 aliphatic heterocycles. The summed E-state index contributed by atoms with van der Waals surface area (Å²) >= 11 is 0. The Morgan fingerprint density at radius 3 is 2.48 bits per heavy atom. The van der Waals surface area contributed by atoms with Gasteiger partial charge in [-0.25, -0.2) is 9.97 Å². The Bertz CT molecular complexity index is 956. The zero-order chi connectivity index (χ0) is 20.1. The molecule has 7 heteroatoms. The largest absolute Gasteiger partial charge is 0.336 e.